The van der Waals surface area contributed by atoms with Gasteiger partial charge in [-0.2, -0.15) is 0 Å². The van der Waals surface area contributed by atoms with E-state index in [0.717, 1.165) is 22.6 Å². The number of nitrogens with zero attached hydrogens (tertiary/aromatic N) is 3. The molecule has 24 heteroatoms. The minimum atomic E-state index is -2.04. The number of imide groups is 1. The number of ether oxygens (including phenoxy) is 3. The van der Waals surface area contributed by atoms with Crippen molar-refractivity contribution in [1.29, 1.82) is 0 Å². The second-order valence-electron chi connectivity index (χ2n) is 18.5. The topological polar surface area (TPSA) is 312 Å². The molecule has 2 aromatic carbocycles. The van der Waals surface area contributed by atoms with E-state index < -0.39 is 102 Å². The monoisotopic (exact) mass is 1050 g/mol. The molecule has 4 aliphatic rings. The van der Waals surface area contributed by atoms with E-state index >= 15 is 4.39 Å². The van der Waals surface area contributed by atoms with E-state index in [9.17, 15) is 53.1 Å². The number of hydrogen-bond acceptors (Lipinski definition) is 15. The number of cyclic esters (lactones) is 1. The number of aryl methyl sites for hydroxylation is 1. The number of aromatic nitrogens is 2. The fourth-order valence-corrected chi connectivity index (χ4v) is 9.57. The number of rotatable bonds is 23. The second-order valence-corrected chi connectivity index (χ2v) is 18.5. The van der Waals surface area contributed by atoms with Crippen molar-refractivity contribution in [3.63, 3.8) is 0 Å². The number of esters is 1. The van der Waals surface area contributed by atoms with Gasteiger partial charge in [-0.3, -0.25) is 48.1 Å². The first kappa shape index (κ1) is 54.1. The van der Waals surface area contributed by atoms with Gasteiger partial charge in [-0.25, -0.2) is 14.2 Å². The number of nitrogens with one attached hydrogen (secondary N) is 6. The largest absolute Gasteiger partial charge is 0.458 e. The Morgan fingerprint density at radius 1 is 0.842 bits per heavy atom. The first-order valence-corrected chi connectivity index (χ1v) is 24.7. The first-order valence-electron chi connectivity index (χ1n) is 24.7. The van der Waals surface area contributed by atoms with Crippen LogP contribution in [0, 0.1) is 12.7 Å². The lowest BCUT2D eigenvalue weighted by atomic mass is 9.81. The van der Waals surface area contributed by atoms with Crippen LogP contribution in [0.15, 0.2) is 59.4 Å². The van der Waals surface area contributed by atoms with Gasteiger partial charge in [-0.15, -0.1) is 0 Å². The van der Waals surface area contributed by atoms with Crippen molar-refractivity contribution in [2.75, 3.05) is 52.7 Å². The molecule has 0 saturated heterocycles. The Bertz CT molecular complexity index is 3110. The Labute approximate surface area is 433 Å². The Morgan fingerprint density at radius 3 is 2.28 bits per heavy atom. The molecular weight excluding hydrogens is 994 g/mol. The van der Waals surface area contributed by atoms with Gasteiger partial charge in [0.15, 0.2) is 5.60 Å². The summed E-state index contributed by atoms with van der Waals surface area (Å²) in [6, 6.07) is 9.91. The summed E-state index contributed by atoms with van der Waals surface area (Å²) < 4.78 is 32.9. The predicted octanol–water partition coefficient (Wildman–Crippen LogP) is -0.481. The lowest BCUT2D eigenvalue weighted by molar-refractivity contribution is -0.172. The molecule has 0 bridgehead atoms. The van der Waals surface area contributed by atoms with E-state index in [-0.39, 0.29) is 83.1 Å². The van der Waals surface area contributed by atoms with E-state index in [2.05, 4.69) is 31.9 Å². The van der Waals surface area contributed by atoms with Gasteiger partial charge in [0.1, 0.15) is 25.2 Å². The molecule has 400 valence electrons. The molecule has 76 heavy (non-hydrogen) atoms. The zero-order valence-electron chi connectivity index (χ0n) is 41.6. The predicted molar refractivity (Wildman–Crippen MR) is 264 cm³/mol. The van der Waals surface area contributed by atoms with Crippen LogP contribution in [0.3, 0.4) is 0 Å². The molecule has 0 fully saturated rings. The third-order valence-electron chi connectivity index (χ3n) is 13.6. The maximum Gasteiger partial charge on any atom is 0.343 e. The molecule has 8 amide bonds. The van der Waals surface area contributed by atoms with Gasteiger partial charge >= 0.3 is 5.97 Å². The summed E-state index contributed by atoms with van der Waals surface area (Å²) >= 11 is 0. The molecule has 0 radical (unpaired) electrons. The fraction of sp³-hybridized carbons (Fsp3) is 0.404. The van der Waals surface area contributed by atoms with E-state index in [1.807, 2.05) is 0 Å². The molecular formula is C52H56FN9O14. The van der Waals surface area contributed by atoms with Crippen molar-refractivity contribution in [2.24, 2.45) is 0 Å². The molecule has 0 spiro atoms. The van der Waals surface area contributed by atoms with Gasteiger partial charge in [-0.05, 0) is 54.5 Å². The van der Waals surface area contributed by atoms with Crippen molar-refractivity contribution < 1.29 is 66.9 Å². The molecule has 0 saturated carbocycles. The highest BCUT2D eigenvalue weighted by Gasteiger charge is 2.46. The van der Waals surface area contributed by atoms with Crippen LogP contribution < -0.4 is 37.5 Å². The van der Waals surface area contributed by atoms with Crippen LogP contribution in [0.2, 0.25) is 0 Å². The van der Waals surface area contributed by atoms with Crippen LogP contribution in [0.1, 0.15) is 77.6 Å². The smallest absolute Gasteiger partial charge is 0.343 e. The van der Waals surface area contributed by atoms with E-state index in [4.69, 9.17) is 19.2 Å². The maximum absolute atomic E-state index is 15.4. The van der Waals surface area contributed by atoms with Crippen molar-refractivity contribution >= 4 is 64.1 Å². The summed E-state index contributed by atoms with van der Waals surface area (Å²) in [5, 5.41) is 27.4. The third kappa shape index (κ3) is 11.8. The van der Waals surface area contributed by atoms with Crippen LogP contribution in [-0.4, -0.2) is 132 Å². The van der Waals surface area contributed by atoms with Crippen LogP contribution in [-0.2, 0) is 89.0 Å². The Hall–Kier alpha value is -8.22. The zero-order chi connectivity index (χ0) is 54.3. The van der Waals surface area contributed by atoms with E-state index in [0.29, 0.717) is 57.4 Å². The van der Waals surface area contributed by atoms with Gasteiger partial charge in [-0.1, -0.05) is 37.3 Å². The maximum atomic E-state index is 15.4. The van der Waals surface area contributed by atoms with Gasteiger partial charge < -0.3 is 55.8 Å². The summed E-state index contributed by atoms with van der Waals surface area (Å²) in [4.78, 5) is 133. The summed E-state index contributed by atoms with van der Waals surface area (Å²) in [6.45, 7) is 1.15. The molecule has 2 aromatic heterocycles. The Balaban J connectivity index is 0.787. The quantitative estimate of drug-likeness (QED) is 0.0188. The second kappa shape index (κ2) is 23.5. The summed E-state index contributed by atoms with van der Waals surface area (Å²) in [7, 11) is 0. The third-order valence-corrected chi connectivity index (χ3v) is 13.6. The van der Waals surface area contributed by atoms with Crippen molar-refractivity contribution in [3.8, 4) is 11.4 Å². The standard InChI is InChI=1S/C52H56FN9O14/c1-3-52(73)33-20-38-48-31(25-62(38)50(71)32(33)26-76-51(52)72)47-35(10-9-30-28(2)34(53)21-36(60-48)46(30)47)58-40(64)14-17-75-27-57-42(66)23-56-49(70)37(19-29-7-5-4-6-8-29)59-43(67)24-55-41(65)22-54-39(63)13-16-74-18-15-61-44(68)11-12-45(61)69/h4-8,11-12,20-21,35,37,73H,3,9-10,13-19,22-27H2,1-2H3,(H,54,63)(H,55,65)(H,56,70)(H,57,66)(H,58,64)(H,59,67)/t35-,37?,52-/m0/s1. The number of pyridine rings is 2. The van der Waals surface area contributed by atoms with Crippen LogP contribution >= 0.6 is 0 Å². The SMILES string of the molecule is CC[C@@]1(O)C(=O)OCc2c1cc1n(c2=O)Cc2c-1nc1cc(F)c(C)c3c1c2[C@@H](NC(=O)CCOCNC(=O)CNC(=O)C(Cc1ccccc1)NC(=O)CNC(=O)CNC(=O)CCOCCN1C(=O)C=CC1=O)CC3. The molecule has 3 aliphatic heterocycles. The minimum absolute atomic E-state index is 0.0216. The Morgan fingerprint density at radius 2 is 1.53 bits per heavy atom. The first-order chi connectivity index (χ1) is 36.5. The highest BCUT2D eigenvalue weighted by Crippen LogP contribution is 2.46. The number of aliphatic hydroxyl groups is 1. The van der Waals surface area contributed by atoms with Crippen LogP contribution in [0.5, 0.6) is 0 Å². The van der Waals surface area contributed by atoms with Crippen molar-refractivity contribution in [1.82, 2.24) is 46.4 Å². The zero-order valence-corrected chi connectivity index (χ0v) is 41.6. The highest BCUT2D eigenvalue weighted by atomic mass is 19.1. The molecule has 5 heterocycles. The number of carbonyl (C=O) groups is 9. The van der Waals surface area contributed by atoms with Crippen LogP contribution in [0.4, 0.5) is 4.39 Å². The molecule has 3 atom stereocenters. The van der Waals surface area contributed by atoms with E-state index in [1.165, 1.54) is 10.6 Å². The lowest BCUT2D eigenvalue weighted by Gasteiger charge is -2.31. The van der Waals surface area contributed by atoms with Crippen LogP contribution in [0.25, 0.3) is 22.3 Å². The number of carbonyl (C=O) groups excluding carboxylic acids is 9. The number of fused-ring (bicyclic) bond motifs is 5. The highest BCUT2D eigenvalue weighted by molar-refractivity contribution is 6.12. The normalized spacial score (nSPS) is 17.3. The van der Waals surface area contributed by atoms with Gasteiger partial charge in [0.2, 0.25) is 35.4 Å². The summed E-state index contributed by atoms with van der Waals surface area (Å²) in [5.41, 5.74) is 2.04. The fourth-order valence-electron chi connectivity index (χ4n) is 9.57. The average molecular weight is 1050 g/mol. The molecule has 4 aromatic rings. The molecule has 7 N–H and O–H groups in total. The summed E-state index contributed by atoms with van der Waals surface area (Å²) in [6.07, 6.45) is 2.90. The van der Waals surface area contributed by atoms with Gasteiger partial charge in [0, 0.05) is 47.6 Å². The summed E-state index contributed by atoms with van der Waals surface area (Å²) in [5.74, 6) is -5.89. The van der Waals surface area contributed by atoms with Gasteiger partial charge in [0.25, 0.3) is 17.4 Å². The number of benzene rings is 2. The molecule has 1 aliphatic carbocycles. The molecule has 23 nitrogen and oxygen atoms in total. The number of hydrogen-bond donors (Lipinski definition) is 7. The average Bonchev–Trinajstić information content (AvgIpc) is 3.95. The molecule has 8 rings (SSSR count). The number of amides is 8. The van der Waals surface area contributed by atoms with Crippen molar-refractivity contribution in [3.05, 3.63) is 110 Å². The number of halogens is 1. The van der Waals surface area contributed by atoms with Gasteiger partial charge in [0.05, 0.1) is 87.5 Å². The molecule has 1 unspecified atom stereocenters. The van der Waals surface area contributed by atoms with Crippen molar-refractivity contribution in [2.45, 2.75) is 83.2 Å². The lowest BCUT2D eigenvalue weighted by Crippen LogP contribution is -2.52. The Kier molecular flexibility index (Phi) is 16.7. The van der Waals surface area contributed by atoms with E-state index in [1.54, 1.807) is 50.2 Å². The minimum Gasteiger partial charge on any atom is -0.458 e.